The lowest BCUT2D eigenvalue weighted by Gasteiger charge is -2.38. The maximum Gasteiger partial charge on any atom is 0.307 e. The van der Waals surface area contributed by atoms with E-state index in [2.05, 4.69) is 0 Å². The van der Waals surface area contributed by atoms with E-state index in [0.29, 0.717) is 5.02 Å². The van der Waals surface area contributed by atoms with E-state index in [-0.39, 0.29) is 41.7 Å². The average molecular weight is 402 g/mol. The number of ether oxygens (including phenoxy) is 1. The maximum atomic E-state index is 12.3. The van der Waals surface area contributed by atoms with E-state index in [1.807, 2.05) is 13.8 Å². The third kappa shape index (κ3) is 5.45. The van der Waals surface area contributed by atoms with Gasteiger partial charge in [0.2, 0.25) is 0 Å². The molecule has 8 heteroatoms. The van der Waals surface area contributed by atoms with Crippen LogP contribution in [0.4, 0.5) is 0 Å². The number of likely N-dealkylation sites (tertiary alicyclic amines) is 1. The molecule has 1 fully saturated rings. The Morgan fingerprint density at radius 3 is 2.31 bits per heavy atom. The summed E-state index contributed by atoms with van der Waals surface area (Å²) in [5.41, 5.74) is 0. The predicted octanol–water partition coefficient (Wildman–Crippen LogP) is 2.84. The van der Waals surface area contributed by atoms with Gasteiger partial charge in [-0.25, -0.2) is 8.42 Å². The Bertz CT molecular complexity index is 737. The fourth-order valence-electron chi connectivity index (χ4n) is 3.18. The molecular weight excluding hydrogens is 378 g/mol. The van der Waals surface area contributed by atoms with E-state index in [9.17, 15) is 18.0 Å². The number of carbonyl (C=O) groups excluding carboxylic acids is 2. The number of benzene rings is 1. The van der Waals surface area contributed by atoms with E-state index in [1.54, 1.807) is 4.90 Å². The van der Waals surface area contributed by atoms with Gasteiger partial charge in [-0.05, 0) is 57.4 Å². The molecule has 0 spiro atoms. The lowest BCUT2D eigenvalue weighted by atomic mass is 9.97. The van der Waals surface area contributed by atoms with Gasteiger partial charge >= 0.3 is 5.97 Å². The minimum Gasteiger partial charge on any atom is -0.456 e. The first-order valence-electron chi connectivity index (χ1n) is 8.66. The van der Waals surface area contributed by atoms with Crippen molar-refractivity contribution in [3.63, 3.8) is 0 Å². The third-order valence-electron chi connectivity index (χ3n) is 4.59. The summed E-state index contributed by atoms with van der Waals surface area (Å²) in [5, 5.41) is 0.433. The first kappa shape index (κ1) is 20.7. The van der Waals surface area contributed by atoms with Crippen molar-refractivity contribution in [2.45, 2.75) is 56.5 Å². The number of carbonyl (C=O) groups is 2. The zero-order valence-corrected chi connectivity index (χ0v) is 16.6. The molecule has 2 rings (SSSR count). The molecule has 1 aromatic rings. The monoisotopic (exact) mass is 401 g/mol. The first-order valence-corrected chi connectivity index (χ1v) is 10.7. The van der Waals surface area contributed by atoms with Crippen LogP contribution >= 0.6 is 11.6 Å². The number of amides is 1. The Labute approximate surface area is 159 Å². The quantitative estimate of drug-likeness (QED) is 0.684. The van der Waals surface area contributed by atoms with Crippen molar-refractivity contribution in [3.05, 3.63) is 29.3 Å². The van der Waals surface area contributed by atoms with Gasteiger partial charge in [-0.3, -0.25) is 9.59 Å². The molecule has 0 bridgehead atoms. The molecule has 0 saturated carbocycles. The standard InChI is InChI=1S/C18H24ClNO5S/c1-13-4-3-5-14(2)20(13)17(21)12-25-18(22)10-11-26(23,24)16-8-6-15(19)7-9-16/h6-9,13-14H,3-5,10-12H2,1-2H3/t13-,14+. The van der Waals surface area contributed by atoms with Gasteiger partial charge in [0.25, 0.3) is 5.91 Å². The largest absolute Gasteiger partial charge is 0.456 e. The summed E-state index contributed by atoms with van der Waals surface area (Å²) in [4.78, 5) is 26.0. The van der Waals surface area contributed by atoms with Crippen molar-refractivity contribution in [1.29, 1.82) is 0 Å². The molecular formula is C18H24ClNO5S. The van der Waals surface area contributed by atoms with Crippen molar-refractivity contribution in [3.8, 4) is 0 Å². The Kier molecular flexibility index (Phi) is 7.06. The number of hydrogen-bond acceptors (Lipinski definition) is 5. The summed E-state index contributed by atoms with van der Waals surface area (Å²) in [6, 6.07) is 5.99. The van der Waals surface area contributed by atoms with Gasteiger partial charge in [0, 0.05) is 17.1 Å². The Hall–Kier alpha value is -1.60. The van der Waals surface area contributed by atoms with Crippen LogP contribution in [0, 0.1) is 0 Å². The van der Waals surface area contributed by atoms with Crippen molar-refractivity contribution < 1.29 is 22.7 Å². The normalized spacial score (nSPS) is 20.7. The highest BCUT2D eigenvalue weighted by molar-refractivity contribution is 7.91. The molecule has 0 unspecified atom stereocenters. The van der Waals surface area contributed by atoms with E-state index in [1.165, 1.54) is 24.3 Å². The van der Waals surface area contributed by atoms with Crippen LogP contribution in [0.3, 0.4) is 0 Å². The van der Waals surface area contributed by atoms with E-state index >= 15 is 0 Å². The molecule has 1 aliphatic heterocycles. The minimum atomic E-state index is -3.60. The second-order valence-corrected chi connectivity index (χ2v) is 9.16. The molecule has 6 nitrogen and oxygen atoms in total. The van der Waals surface area contributed by atoms with Crippen molar-refractivity contribution in [2.24, 2.45) is 0 Å². The summed E-state index contributed by atoms with van der Waals surface area (Å²) < 4.78 is 29.4. The highest BCUT2D eigenvalue weighted by atomic mass is 35.5. The minimum absolute atomic E-state index is 0.0988. The highest BCUT2D eigenvalue weighted by Gasteiger charge is 2.29. The lowest BCUT2D eigenvalue weighted by molar-refractivity contribution is -0.154. The summed E-state index contributed by atoms with van der Waals surface area (Å²) >= 11 is 5.74. The molecule has 0 radical (unpaired) electrons. The van der Waals surface area contributed by atoms with Gasteiger partial charge in [-0.15, -0.1) is 0 Å². The molecule has 2 atom stereocenters. The summed E-state index contributed by atoms with van der Waals surface area (Å²) in [5.74, 6) is -1.31. The van der Waals surface area contributed by atoms with E-state index in [4.69, 9.17) is 16.3 Å². The van der Waals surface area contributed by atoms with Gasteiger partial charge in [0.15, 0.2) is 16.4 Å². The van der Waals surface area contributed by atoms with Crippen LogP contribution in [0.1, 0.15) is 39.5 Å². The molecule has 1 aliphatic rings. The lowest BCUT2D eigenvalue weighted by Crippen LogP contribution is -2.49. The van der Waals surface area contributed by atoms with E-state index in [0.717, 1.165) is 19.3 Å². The fourth-order valence-corrected chi connectivity index (χ4v) is 4.53. The van der Waals surface area contributed by atoms with Crippen LogP contribution < -0.4 is 0 Å². The van der Waals surface area contributed by atoms with Crippen molar-refractivity contribution >= 4 is 33.3 Å². The molecule has 1 amide bonds. The molecule has 26 heavy (non-hydrogen) atoms. The van der Waals surface area contributed by atoms with Gasteiger partial charge in [0.05, 0.1) is 17.1 Å². The molecule has 144 valence electrons. The number of esters is 1. The number of piperidine rings is 1. The Morgan fingerprint density at radius 1 is 1.15 bits per heavy atom. The average Bonchev–Trinajstić information content (AvgIpc) is 2.58. The molecule has 1 saturated heterocycles. The maximum absolute atomic E-state index is 12.3. The molecule has 0 aromatic heterocycles. The number of halogens is 1. The summed E-state index contributed by atoms with van der Waals surface area (Å²) in [6.07, 6.45) is 2.64. The second-order valence-electron chi connectivity index (χ2n) is 6.61. The number of hydrogen-bond donors (Lipinski definition) is 0. The van der Waals surface area contributed by atoms with Crippen molar-refractivity contribution in [1.82, 2.24) is 4.90 Å². The van der Waals surface area contributed by atoms with Crippen LogP contribution in [0.5, 0.6) is 0 Å². The summed E-state index contributed by atoms with van der Waals surface area (Å²) in [6.45, 7) is 3.61. The Morgan fingerprint density at radius 2 is 1.73 bits per heavy atom. The van der Waals surface area contributed by atoms with Gasteiger partial charge in [-0.2, -0.15) is 0 Å². The zero-order chi connectivity index (χ0) is 19.3. The third-order valence-corrected chi connectivity index (χ3v) is 6.57. The van der Waals surface area contributed by atoms with Crippen LogP contribution in [0.2, 0.25) is 5.02 Å². The SMILES string of the molecule is C[C@@H]1CCC[C@H](C)N1C(=O)COC(=O)CCS(=O)(=O)c1ccc(Cl)cc1. The smallest absolute Gasteiger partial charge is 0.307 e. The van der Waals surface area contributed by atoms with Gasteiger partial charge in [0.1, 0.15) is 0 Å². The molecule has 1 heterocycles. The van der Waals surface area contributed by atoms with Gasteiger partial charge < -0.3 is 9.64 Å². The fraction of sp³-hybridized carbons (Fsp3) is 0.556. The summed E-state index contributed by atoms with van der Waals surface area (Å²) in [7, 11) is -3.60. The molecule has 0 aliphatic carbocycles. The van der Waals surface area contributed by atoms with Crippen LogP contribution in [-0.2, 0) is 24.2 Å². The molecule has 1 aromatic carbocycles. The number of nitrogens with zero attached hydrogens (tertiary/aromatic N) is 1. The van der Waals surface area contributed by atoms with Gasteiger partial charge in [-0.1, -0.05) is 11.6 Å². The Balaban J connectivity index is 1.83. The van der Waals surface area contributed by atoms with Crippen LogP contribution in [0.15, 0.2) is 29.2 Å². The predicted molar refractivity (Wildman–Crippen MR) is 98.7 cm³/mol. The first-order chi connectivity index (χ1) is 12.2. The van der Waals surface area contributed by atoms with Crippen molar-refractivity contribution in [2.75, 3.05) is 12.4 Å². The zero-order valence-electron chi connectivity index (χ0n) is 15.0. The number of sulfone groups is 1. The van der Waals surface area contributed by atoms with E-state index < -0.39 is 15.8 Å². The van der Waals surface area contributed by atoms with Crippen LogP contribution in [0.25, 0.3) is 0 Å². The number of rotatable bonds is 6. The highest BCUT2D eigenvalue weighted by Crippen LogP contribution is 2.22. The second kappa shape index (κ2) is 8.86. The topological polar surface area (TPSA) is 80.8 Å². The van der Waals surface area contributed by atoms with Crippen LogP contribution in [-0.4, -0.2) is 49.6 Å². The molecule has 0 N–H and O–H groups in total.